The lowest BCUT2D eigenvalue weighted by atomic mass is 10.1. The zero-order valence-electron chi connectivity index (χ0n) is 16.5. The fourth-order valence-electron chi connectivity index (χ4n) is 3.90. The molecule has 2 heterocycles. The first-order valence-electron chi connectivity index (χ1n) is 9.41. The Hall–Kier alpha value is -1.87. The molecule has 0 amide bonds. The van der Waals surface area contributed by atoms with Crippen LogP contribution in [-0.2, 0) is 29.5 Å². The maximum Gasteiger partial charge on any atom is 0.211 e. The van der Waals surface area contributed by atoms with Crippen molar-refractivity contribution < 1.29 is 8.42 Å². The molecular weight excluding hydrogens is 488 g/mol. The number of aromatic nitrogens is 2. The van der Waals surface area contributed by atoms with Gasteiger partial charge in [0.15, 0.2) is 0 Å². The number of halogens is 2. The third-order valence-electron chi connectivity index (χ3n) is 5.20. The van der Waals surface area contributed by atoms with Crippen LogP contribution < -0.4 is 4.90 Å². The quantitative estimate of drug-likeness (QED) is 0.562. The van der Waals surface area contributed by atoms with Gasteiger partial charge in [-0.2, -0.15) is 4.31 Å². The van der Waals surface area contributed by atoms with E-state index in [4.69, 9.17) is 0 Å². The molecule has 0 spiro atoms. The highest BCUT2D eigenvalue weighted by molar-refractivity contribution is 9.10. The maximum atomic E-state index is 12.7. The number of rotatable bonds is 5. The van der Waals surface area contributed by atoms with Crippen LogP contribution in [0, 0.1) is 0 Å². The predicted octanol–water partition coefficient (Wildman–Crippen LogP) is 3.99. The number of nitrogens with one attached hydrogen (secondary N) is 1. The molecule has 2 aromatic carbocycles. The number of H-pyrrole nitrogens is 1. The standard InChI is InChI=1S/C21H23BrN4O2S.ClH/c1-29(27,28)26-12-17-10-18(22)7-8-21(17)25(13-19-11-23-15-24-19)14-20(26)9-16-5-3-2-4-6-16;/h2-8,10-11,15,20H,9,12-14H2,1H3,(H,23,24);1H. The van der Waals surface area contributed by atoms with E-state index in [2.05, 4.69) is 36.9 Å². The van der Waals surface area contributed by atoms with E-state index >= 15 is 0 Å². The number of imidazole rings is 1. The highest BCUT2D eigenvalue weighted by Gasteiger charge is 2.33. The summed E-state index contributed by atoms with van der Waals surface area (Å²) >= 11 is 3.53. The molecule has 1 unspecified atom stereocenters. The normalized spacial score (nSPS) is 17.1. The molecular formula is C21H24BrClN4O2S. The summed E-state index contributed by atoms with van der Waals surface area (Å²) in [5, 5.41) is 0. The van der Waals surface area contributed by atoms with Crippen LogP contribution in [0.1, 0.15) is 16.8 Å². The number of fused-ring (bicyclic) bond motifs is 1. The first-order chi connectivity index (χ1) is 13.9. The van der Waals surface area contributed by atoms with E-state index in [9.17, 15) is 8.42 Å². The summed E-state index contributed by atoms with van der Waals surface area (Å²) in [6, 6.07) is 15.9. The average molecular weight is 512 g/mol. The van der Waals surface area contributed by atoms with Gasteiger partial charge in [-0.1, -0.05) is 46.3 Å². The van der Waals surface area contributed by atoms with Gasteiger partial charge in [0, 0.05) is 35.5 Å². The lowest BCUT2D eigenvalue weighted by Crippen LogP contribution is -2.45. The van der Waals surface area contributed by atoms with E-state index in [-0.39, 0.29) is 18.4 Å². The molecule has 1 aliphatic heterocycles. The van der Waals surface area contributed by atoms with Crippen LogP contribution in [0.4, 0.5) is 5.69 Å². The lowest BCUT2D eigenvalue weighted by Gasteiger charge is -2.31. The molecule has 160 valence electrons. The Morgan fingerprint density at radius 1 is 1.20 bits per heavy atom. The van der Waals surface area contributed by atoms with Crippen molar-refractivity contribution in [2.24, 2.45) is 0 Å². The minimum absolute atomic E-state index is 0. The third kappa shape index (κ3) is 5.24. The molecule has 1 atom stereocenters. The number of benzene rings is 2. The van der Waals surface area contributed by atoms with Crippen LogP contribution in [0.5, 0.6) is 0 Å². The van der Waals surface area contributed by atoms with Crippen LogP contribution in [0.25, 0.3) is 0 Å². The van der Waals surface area contributed by atoms with E-state index in [1.54, 1.807) is 10.6 Å². The Morgan fingerprint density at radius 3 is 2.63 bits per heavy atom. The Bertz CT molecular complexity index is 1080. The minimum Gasteiger partial charge on any atom is -0.364 e. The van der Waals surface area contributed by atoms with E-state index in [1.165, 1.54) is 6.26 Å². The second kappa shape index (κ2) is 9.51. The van der Waals surface area contributed by atoms with Crippen LogP contribution in [0.3, 0.4) is 0 Å². The fourth-order valence-corrected chi connectivity index (χ4v) is 5.36. The Labute approximate surface area is 191 Å². The van der Waals surface area contributed by atoms with Gasteiger partial charge in [0.2, 0.25) is 10.0 Å². The summed E-state index contributed by atoms with van der Waals surface area (Å²) in [4.78, 5) is 9.53. The molecule has 30 heavy (non-hydrogen) atoms. The molecule has 1 aliphatic rings. The molecule has 0 saturated carbocycles. The van der Waals surface area contributed by atoms with Crippen molar-refractivity contribution in [3.63, 3.8) is 0 Å². The third-order valence-corrected chi connectivity index (χ3v) is 6.98. The van der Waals surface area contributed by atoms with Gasteiger partial charge in [0.25, 0.3) is 0 Å². The molecule has 9 heteroatoms. The highest BCUT2D eigenvalue weighted by Crippen LogP contribution is 2.32. The number of nitrogens with zero attached hydrogens (tertiary/aromatic N) is 3. The van der Waals surface area contributed by atoms with Crippen molar-refractivity contribution >= 4 is 44.0 Å². The molecule has 1 aromatic heterocycles. The Morgan fingerprint density at radius 2 is 1.97 bits per heavy atom. The van der Waals surface area contributed by atoms with Gasteiger partial charge in [-0.25, -0.2) is 13.4 Å². The summed E-state index contributed by atoms with van der Waals surface area (Å²) in [7, 11) is -3.39. The van der Waals surface area contributed by atoms with Gasteiger partial charge < -0.3 is 9.88 Å². The molecule has 0 saturated heterocycles. The van der Waals surface area contributed by atoms with Crippen molar-refractivity contribution in [1.82, 2.24) is 14.3 Å². The van der Waals surface area contributed by atoms with Crippen LogP contribution in [0.15, 0.2) is 65.5 Å². The van der Waals surface area contributed by atoms with E-state index in [0.29, 0.717) is 26.1 Å². The zero-order valence-corrected chi connectivity index (χ0v) is 19.8. The summed E-state index contributed by atoms with van der Waals surface area (Å²) in [6.45, 7) is 1.58. The van der Waals surface area contributed by atoms with E-state index in [1.807, 2.05) is 48.7 Å². The van der Waals surface area contributed by atoms with Gasteiger partial charge in [0.05, 0.1) is 24.8 Å². The van der Waals surface area contributed by atoms with E-state index in [0.717, 1.165) is 27.0 Å². The summed E-state index contributed by atoms with van der Waals surface area (Å²) in [6.07, 6.45) is 5.43. The molecule has 6 nitrogen and oxygen atoms in total. The molecule has 4 rings (SSSR count). The smallest absolute Gasteiger partial charge is 0.211 e. The van der Waals surface area contributed by atoms with Crippen molar-refractivity contribution in [3.8, 4) is 0 Å². The van der Waals surface area contributed by atoms with Gasteiger partial charge in [-0.15, -0.1) is 12.4 Å². The predicted molar refractivity (Wildman–Crippen MR) is 125 cm³/mol. The Balaban J connectivity index is 0.00000256. The van der Waals surface area contributed by atoms with Crippen molar-refractivity contribution in [3.05, 3.63) is 82.3 Å². The van der Waals surface area contributed by atoms with Gasteiger partial charge in [-0.3, -0.25) is 0 Å². The SMILES string of the molecule is CS(=O)(=O)N1Cc2cc(Br)ccc2N(Cc2cnc[nH]2)CC1Cc1ccccc1.Cl. The first-order valence-corrected chi connectivity index (χ1v) is 12.1. The second-order valence-electron chi connectivity index (χ2n) is 7.38. The topological polar surface area (TPSA) is 69.3 Å². The zero-order chi connectivity index (χ0) is 20.4. The minimum atomic E-state index is -3.39. The maximum absolute atomic E-state index is 12.7. The summed E-state index contributed by atoms with van der Waals surface area (Å²) in [5.74, 6) is 0. The van der Waals surface area contributed by atoms with Crippen molar-refractivity contribution in [2.75, 3.05) is 17.7 Å². The fraction of sp³-hybridized carbons (Fsp3) is 0.286. The number of aromatic amines is 1. The largest absolute Gasteiger partial charge is 0.364 e. The van der Waals surface area contributed by atoms with Crippen LogP contribution >= 0.6 is 28.3 Å². The highest BCUT2D eigenvalue weighted by atomic mass is 79.9. The number of sulfonamides is 1. The van der Waals surface area contributed by atoms with Gasteiger partial charge in [-0.05, 0) is 35.7 Å². The lowest BCUT2D eigenvalue weighted by molar-refractivity contribution is 0.320. The average Bonchev–Trinajstić information content (AvgIpc) is 3.13. The molecule has 1 N–H and O–H groups in total. The molecule has 0 fully saturated rings. The Kier molecular flexibility index (Phi) is 7.23. The summed E-state index contributed by atoms with van der Waals surface area (Å²) in [5.41, 5.74) is 4.15. The van der Waals surface area contributed by atoms with Crippen LogP contribution in [0.2, 0.25) is 0 Å². The second-order valence-corrected chi connectivity index (χ2v) is 10.2. The molecule has 0 bridgehead atoms. The van der Waals surface area contributed by atoms with Gasteiger partial charge >= 0.3 is 0 Å². The van der Waals surface area contributed by atoms with Crippen LogP contribution in [-0.4, -0.2) is 41.5 Å². The van der Waals surface area contributed by atoms with E-state index < -0.39 is 10.0 Å². The number of anilines is 1. The van der Waals surface area contributed by atoms with Crippen molar-refractivity contribution in [1.29, 1.82) is 0 Å². The first kappa shape index (κ1) is 22.8. The molecule has 0 radical (unpaired) electrons. The number of hydrogen-bond acceptors (Lipinski definition) is 4. The molecule has 0 aliphatic carbocycles. The summed E-state index contributed by atoms with van der Waals surface area (Å²) < 4.78 is 28.1. The number of hydrogen-bond donors (Lipinski definition) is 1. The monoisotopic (exact) mass is 510 g/mol. The van der Waals surface area contributed by atoms with Gasteiger partial charge in [0.1, 0.15) is 0 Å². The molecule has 3 aromatic rings. The van der Waals surface area contributed by atoms with Crippen molar-refractivity contribution in [2.45, 2.75) is 25.6 Å².